The Morgan fingerprint density at radius 3 is 1.43 bits per heavy atom. The zero-order valence-electron chi connectivity index (χ0n) is 12.8. The Labute approximate surface area is 157 Å². The molecule has 18 nitrogen and oxygen atoms in total. The molecule has 1 fully saturated rings. The Bertz CT molecular complexity index is 959. The first-order chi connectivity index (χ1) is 12.3. The molecule has 0 aromatic rings. The maximum atomic E-state index is 11.0. The van der Waals surface area contributed by atoms with E-state index >= 15 is 0 Å². The average Bonchev–Trinajstić information content (AvgIpc) is 2.39. The van der Waals surface area contributed by atoms with Crippen molar-refractivity contribution in [3.63, 3.8) is 0 Å². The normalized spacial score (nSPS) is 30.2. The molecular weight excluding hydrogens is 488 g/mol. The first-order valence-electron chi connectivity index (χ1n) is 6.20. The predicted molar refractivity (Wildman–Crippen MR) is 77.6 cm³/mol. The van der Waals surface area contributed by atoms with E-state index in [1.807, 2.05) is 0 Å². The monoisotopic (exact) mass is 500 g/mol. The van der Waals surface area contributed by atoms with Crippen LogP contribution in [0.4, 0.5) is 0 Å². The summed E-state index contributed by atoms with van der Waals surface area (Å²) in [7, 11) is -21.8. The van der Waals surface area contributed by atoms with Gasteiger partial charge in [0.05, 0.1) is 6.61 Å². The smallest absolute Gasteiger partial charge is 0.366 e. The van der Waals surface area contributed by atoms with Gasteiger partial charge < -0.3 is 9.84 Å². The van der Waals surface area contributed by atoms with Crippen molar-refractivity contribution in [1.82, 2.24) is 0 Å². The van der Waals surface area contributed by atoms with Crippen LogP contribution in [0.1, 0.15) is 0 Å². The van der Waals surface area contributed by atoms with E-state index in [1.165, 1.54) is 0 Å². The van der Waals surface area contributed by atoms with Crippen molar-refractivity contribution >= 4 is 41.6 Å². The predicted octanol–water partition coefficient (Wildman–Crippen LogP) is -3.91. The minimum absolute atomic E-state index is 1.42. The second-order valence-corrected chi connectivity index (χ2v) is 8.98. The van der Waals surface area contributed by atoms with Gasteiger partial charge in [0.25, 0.3) is 0 Å². The molecule has 0 bridgehead atoms. The highest BCUT2D eigenvalue weighted by Gasteiger charge is 2.53. The second-order valence-electron chi connectivity index (χ2n) is 4.74. The lowest BCUT2D eigenvalue weighted by Gasteiger charge is -2.41. The molecule has 5 N–H and O–H groups in total. The van der Waals surface area contributed by atoms with Gasteiger partial charge in [0.2, 0.25) is 0 Å². The van der Waals surface area contributed by atoms with Crippen molar-refractivity contribution in [1.29, 1.82) is 0 Å². The fourth-order valence-electron chi connectivity index (χ4n) is 1.93. The average molecular weight is 500 g/mol. The number of hydrogen-bond donors (Lipinski definition) is 5. The molecule has 5 atom stereocenters. The Morgan fingerprint density at radius 2 is 1.04 bits per heavy atom. The van der Waals surface area contributed by atoms with Crippen LogP contribution in [0.25, 0.3) is 0 Å². The third kappa shape index (κ3) is 9.27. The van der Waals surface area contributed by atoms with Gasteiger partial charge in [0.15, 0.2) is 12.4 Å². The van der Waals surface area contributed by atoms with Crippen LogP contribution in [-0.4, -0.2) is 94.3 Å². The van der Waals surface area contributed by atoms with Crippen LogP contribution in [0.15, 0.2) is 0 Å². The van der Waals surface area contributed by atoms with Crippen LogP contribution in [0.2, 0.25) is 0 Å². The van der Waals surface area contributed by atoms with E-state index in [0.717, 1.165) is 0 Å². The van der Waals surface area contributed by atoms with E-state index in [1.54, 1.807) is 0 Å². The van der Waals surface area contributed by atoms with Gasteiger partial charge >= 0.3 is 41.6 Å². The van der Waals surface area contributed by atoms with Crippen molar-refractivity contribution in [3.05, 3.63) is 0 Å². The summed E-state index contributed by atoms with van der Waals surface area (Å²) in [5.74, 6) is 0. The van der Waals surface area contributed by atoms with Crippen LogP contribution in [0, 0.1) is 0 Å². The van der Waals surface area contributed by atoms with Gasteiger partial charge in [-0.3, -0.25) is 18.2 Å². The van der Waals surface area contributed by atoms with Gasteiger partial charge in [0, 0.05) is 0 Å². The first kappa shape index (κ1) is 25.4. The summed E-state index contributed by atoms with van der Waals surface area (Å²) in [4.78, 5) is 0. The minimum Gasteiger partial charge on any atom is -0.366 e. The third-order valence-corrected chi connectivity index (χ3v) is 4.52. The van der Waals surface area contributed by atoms with Gasteiger partial charge in [-0.05, 0) is 0 Å². The summed E-state index contributed by atoms with van der Waals surface area (Å²) < 4.78 is 142. The standard InChI is InChI=1S/C6H12O18S4/c7-6-5(24-28(17,18)19)4(23-27(14,15)16)3(22-26(11,12)13)2(21-6)1-20-25(8,9)10/h2-7H,1H2,(H,8,9,10)(H,11,12,13)(H,14,15,16)(H,17,18,19)/t2-,3+,4+,5-,6+/m1/s1. The van der Waals surface area contributed by atoms with Gasteiger partial charge in [-0.25, -0.2) is 16.7 Å². The SMILES string of the molecule is O=S(=O)(O)OC[C@H]1O[C@H](O)[C@H](OS(=O)(=O)O)[C@@H](OS(=O)(=O)O)[C@H]1OS(=O)(=O)O. The van der Waals surface area contributed by atoms with Gasteiger partial charge in [0.1, 0.15) is 18.3 Å². The summed E-state index contributed by atoms with van der Waals surface area (Å²) in [5, 5.41) is 9.70. The molecule has 1 aliphatic rings. The molecule has 168 valence electrons. The van der Waals surface area contributed by atoms with Crippen molar-refractivity contribution < 1.29 is 78.5 Å². The number of aliphatic hydroxyl groups excluding tert-OH is 1. The Hall–Kier alpha value is -0.600. The molecule has 0 aromatic heterocycles. The van der Waals surface area contributed by atoms with Crippen molar-refractivity contribution in [2.75, 3.05) is 6.61 Å². The van der Waals surface area contributed by atoms with Crippen LogP contribution in [0.5, 0.6) is 0 Å². The van der Waals surface area contributed by atoms with Gasteiger partial charge in [-0.15, -0.1) is 0 Å². The lowest BCUT2D eigenvalue weighted by molar-refractivity contribution is -0.270. The number of rotatable bonds is 9. The maximum absolute atomic E-state index is 11.0. The molecule has 22 heteroatoms. The summed E-state index contributed by atoms with van der Waals surface area (Å²) in [6.45, 7) is -1.42. The van der Waals surface area contributed by atoms with Crippen LogP contribution < -0.4 is 0 Å². The molecule has 0 unspecified atom stereocenters. The molecular formula is C6H12O18S4. The fraction of sp³-hybridized carbons (Fsp3) is 1.00. The van der Waals surface area contributed by atoms with Crippen molar-refractivity contribution in [3.8, 4) is 0 Å². The van der Waals surface area contributed by atoms with Gasteiger partial charge in [-0.2, -0.15) is 33.7 Å². The van der Waals surface area contributed by atoms with E-state index in [2.05, 4.69) is 21.5 Å². The van der Waals surface area contributed by atoms with E-state index < -0.39 is 78.9 Å². The largest absolute Gasteiger partial charge is 0.397 e. The zero-order chi connectivity index (χ0) is 22.1. The Balaban J connectivity index is 3.42. The molecule has 0 spiro atoms. The fourth-order valence-corrected chi connectivity index (χ4v) is 3.74. The van der Waals surface area contributed by atoms with E-state index in [-0.39, 0.29) is 0 Å². The number of aliphatic hydroxyl groups is 1. The molecule has 1 aliphatic heterocycles. The van der Waals surface area contributed by atoms with E-state index in [0.29, 0.717) is 0 Å². The number of ether oxygens (including phenoxy) is 1. The highest BCUT2D eigenvalue weighted by Crippen LogP contribution is 2.30. The topological polar surface area (TPSA) is 284 Å². The molecule has 0 aliphatic carbocycles. The van der Waals surface area contributed by atoms with E-state index in [4.69, 9.17) is 18.2 Å². The molecule has 1 heterocycles. The quantitative estimate of drug-likeness (QED) is 0.189. The third-order valence-electron chi connectivity index (χ3n) is 2.69. The van der Waals surface area contributed by atoms with Crippen molar-refractivity contribution in [2.45, 2.75) is 30.7 Å². The molecule has 0 saturated carbocycles. The highest BCUT2D eigenvalue weighted by atomic mass is 32.3. The van der Waals surface area contributed by atoms with Crippen LogP contribution >= 0.6 is 0 Å². The lowest BCUT2D eigenvalue weighted by Crippen LogP contribution is -2.62. The molecule has 28 heavy (non-hydrogen) atoms. The Morgan fingerprint density at radius 1 is 0.643 bits per heavy atom. The second kappa shape index (κ2) is 8.64. The van der Waals surface area contributed by atoms with Gasteiger partial charge in [-0.1, -0.05) is 0 Å². The van der Waals surface area contributed by atoms with Crippen LogP contribution in [-0.2, 0) is 63.1 Å². The Kier molecular flexibility index (Phi) is 7.85. The lowest BCUT2D eigenvalue weighted by atomic mass is 9.99. The molecule has 1 rings (SSSR count). The summed E-state index contributed by atoms with van der Waals surface area (Å²) in [6, 6.07) is 0. The molecule has 1 saturated heterocycles. The molecule has 0 radical (unpaired) electrons. The number of hydrogen-bond acceptors (Lipinski definition) is 14. The summed E-state index contributed by atoms with van der Waals surface area (Å²) >= 11 is 0. The minimum atomic E-state index is -5.58. The molecule has 0 amide bonds. The summed E-state index contributed by atoms with van der Waals surface area (Å²) in [6.07, 6.45) is -12.8. The molecule has 0 aromatic carbocycles. The van der Waals surface area contributed by atoms with Crippen molar-refractivity contribution in [2.24, 2.45) is 0 Å². The maximum Gasteiger partial charge on any atom is 0.397 e. The van der Waals surface area contributed by atoms with E-state index in [9.17, 15) is 38.8 Å². The zero-order valence-corrected chi connectivity index (χ0v) is 16.0. The first-order valence-corrected chi connectivity index (χ1v) is 11.7. The highest BCUT2D eigenvalue weighted by molar-refractivity contribution is 7.81. The van der Waals surface area contributed by atoms with Crippen LogP contribution in [0.3, 0.4) is 0 Å². The summed E-state index contributed by atoms with van der Waals surface area (Å²) in [5.41, 5.74) is 0.